The van der Waals surface area contributed by atoms with Gasteiger partial charge in [0.05, 0.1) is 28.1 Å². The normalized spacial score (nSPS) is 10.8. The van der Waals surface area contributed by atoms with Crippen molar-refractivity contribution in [3.63, 3.8) is 0 Å². The molecule has 0 atom stereocenters. The summed E-state index contributed by atoms with van der Waals surface area (Å²) in [4.78, 5) is 13.7. The number of aromatic nitrogens is 4. The zero-order valence-electron chi connectivity index (χ0n) is 23.6. The second-order valence-corrected chi connectivity index (χ2v) is 10.0. The summed E-state index contributed by atoms with van der Waals surface area (Å²) < 4.78 is 8.50. The van der Waals surface area contributed by atoms with E-state index in [9.17, 15) is 0 Å². The standard InChI is InChI=1S/C26H18N3O.C11H8N.Ir/c1-16-12-13-20(25-23(16)19-10-6-7-11-22(19)30-25)26-28-24-17(2)27-15-14-21(24)29(26)18-8-4-3-5-9-18;1-2-6-10(7-3-1)11-8-4-5-9-12-11;/h3-12,14-15H,1-2H3;1-6,8-9H;/q2*-1;. The number of furan rings is 1. The number of benzene rings is 4. The van der Waals surface area contributed by atoms with Crippen molar-refractivity contribution in [1.82, 2.24) is 19.5 Å². The van der Waals surface area contributed by atoms with Gasteiger partial charge < -0.3 is 14.0 Å². The summed E-state index contributed by atoms with van der Waals surface area (Å²) in [6, 6.07) is 42.7. The number of nitrogens with zero attached hydrogens (tertiary/aromatic N) is 4. The van der Waals surface area contributed by atoms with Crippen molar-refractivity contribution in [3.8, 4) is 28.3 Å². The third kappa shape index (κ3) is 5.27. The predicted molar refractivity (Wildman–Crippen MR) is 168 cm³/mol. The maximum atomic E-state index is 6.34. The summed E-state index contributed by atoms with van der Waals surface area (Å²) in [7, 11) is 0. The first kappa shape index (κ1) is 28.2. The van der Waals surface area contributed by atoms with E-state index in [1.807, 2.05) is 104 Å². The maximum absolute atomic E-state index is 6.34. The molecular formula is C37H26IrN4O-2. The van der Waals surface area contributed by atoms with Gasteiger partial charge in [0.15, 0.2) is 0 Å². The molecule has 1 radical (unpaired) electrons. The Bertz CT molecular complexity index is 2120. The van der Waals surface area contributed by atoms with Gasteiger partial charge in [-0.1, -0.05) is 66.4 Å². The van der Waals surface area contributed by atoms with Crippen LogP contribution >= 0.6 is 0 Å². The summed E-state index contributed by atoms with van der Waals surface area (Å²) >= 11 is 0. The molecule has 0 saturated carbocycles. The summed E-state index contributed by atoms with van der Waals surface area (Å²) in [6.45, 7) is 4.09. The topological polar surface area (TPSA) is 56.7 Å². The van der Waals surface area contributed by atoms with Crippen molar-refractivity contribution < 1.29 is 24.5 Å². The zero-order chi connectivity index (χ0) is 28.5. The fourth-order valence-corrected chi connectivity index (χ4v) is 5.31. The molecule has 4 aromatic carbocycles. The van der Waals surface area contributed by atoms with E-state index in [0.717, 1.165) is 72.6 Å². The van der Waals surface area contributed by atoms with Crippen molar-refractivity contribution in [1.29, 1.82) is 0 Å². The van der Waals surface area contributed by atoms with Crippen molar-refractivity contribution in [2.45, 2.75) is 13.8 Å². The molecule has 6 heteroatoms. The summed E-state index contributed by atoms with van der Waals surface area (Å²) in [5, 5.41) is 2.22. The summed E-state index contributed by atoms with van der Waals surface area (Å²) in [5.74, 6) is 0.802. The molecule has 4 heterocycles. The van der Waals surface area contributed by atoms with Gasteiger partial charge in [-0.2, -0.15) is 0 Å². The van der Waals surface area contributed by atoms with Crippen molar-refractivity contribution in [2.75, 3.05) is 0 Å². The molecular weight excluding hydrogens is 709 g/mol. The van der Waals surface area contributed by atoms with Crippen molar-refractivity contribution in [2.24, 2.45) is 0 Å². The van der Waals surface area contributed by atoms with E-state index in [2.05, 4.69) is 51.8 Å². The third-order valence-electron chi connectivity index (χ3n) is 7.29. The molecule has 0 bridgehead atoms. The van der Waals surface area contributed by atoms with Crippen LogP contribution in [-0.4, -0.2) is 19.5 Å². The fourth-order valence-electron chi connectivity index (χ4n) is 5.31. The average Bonchev–Trinajstić information content (AvgIpc) is 3.64. The maximum Gasteiger partial charge on any atom is 0.120 e. The molecule has 43 heavy (non-hydrogen) atoms. The molecule has 211 valence electrons. The molecule has 0 fully saturated rings. The number of fused-ring (bicyclic) bond motifs is 4. The van der Waals surface area contributed by atoms with E-state index in [0.29, 0.717) is 0 Å². The number of aryl methyl sites for hydroxylation is 2. The van der Waals surface area contributed by atoms with Gasteiger partial charge in [0.1, 0.15) is 5.58 Å². The van der Waals surface area contributed by atoms with E-state index in [-0.39, 0.29) is 20.1 Å². The number of hydrogen-bond acceptors (Lipinski definition) is 4. The molecule has 4 aromatic heterocycles. The Morgan fingerprint density at radius 2 is 1.53 bits per heavy atom. The van der Waals surface area contributed by atoms with Crippen LogP contribution in [0.5, 0.6) is 0 Å². The van der Waals surface area contributed by atoms with Gasteiger partial charge in [0.25, 0.3) is 0 Å². The quantitative estimate of drug-likeness (QED) is 0.170. The molecule has 8 aromatic rings. The van der Waals surface area contributed by atoms with Gasteiger partial charge in [-0.3, -0.25) is 9.97 Å². The average molecular weight is 735 g/mol. The third-order valence-corrected chi connectivity index (χ3v) is 7.29. The Hall–Kier alpha value is -4.90. The molecule has 0 N–H and O–H groups in total. The molecule has 0 unspecified atom stereocenters. The minimum absolute atomic E-state index is 0. The second kappa shape index (κ2) is 12.1. The molecule has 5 nitrogen and oxygen atoms in total. The van der Waals surface area contributed by atoms with Crippen LogP contribution in [0.15, 0.2) is 126 Å². The van der Waals surface area contributed by atoms with Crippen LogP contribution in [0.25, 0.3) is 61.3 Å². The monoisotopic (exact) mass is 735 g/mol. The van der Waals surface area contributed by atoms with E-state index in [1.165, 1.54) is 0 Å². The van der Waals surface area contributed by atoms with Crippen LogP contribution in [0.4, 0.5) is 0 Å². The Morgan fingerprint density at radius 3 is 2.33 bits per heavy atom. The number of para-hydroxylation sites is 2. The molecule has 0 aliphatic carbocycles. The van der Waals surface area contributed by atoms with Crippen molar-refractivity contribution in [3.05, 3.63) is 145 Å². The largest absolute Gasteiger partial charge is 0.501 e. The fraction of sp³-hybridized carbons (Fsp3) is 0.0541. The number of hydrogen-bond donors (Lipinski definition) is 0. The number of rotatable bonds is 3. The van der Waals surface area contributed by atoms with E-state index in [1.54, 1.807) is 6.20 Å². The van der Waals surface area contributed by atoms with E-state index in [4.69, 9.17) is 9.40 Å². The smallest absolute Gasteiger partial charge is 0.120 e. The molecule has 0 spiro atoms. The summed E-state index contributed by atoms with van der Waals surface area (Å²) in [5.41, 5.74) is 9.53. The van der Waals surface area contributed by atoms with Crippen LogP contribution in [0, 0.1) is 26.0 Å². The van der Waals surface area contributed by atoms with Crippen LogP contribution in [-0.2, 0) is 20.1 Å². The predicted octanol–water partition coefficient (Wildman–Crippen LogP) is 8.95. The van der Waals surface area contributed by atoms with Crippen LogP contribution in [0.1, 0.15) is 11.3 Å². The molecule has 0 aliphatic heterocycles. The Balaban J connectivity index is 0.000000213. The van der Waals surface area contributed by atoms with Crippen LogP contribution in [0.2, 0.25) is 0 Å². The number of imidazole rings is 1. The van der Waals surface area contributed by atoms with Crippen LogP contribution < -0.4 is 0 Å². The van der Waals surface area contributed by atoms with Gasteiger partial charge in [-0.05, 0) is 42.9 Å². The zero-order valence-corrected chi connectivity index (χ0v) is 26.0. The van der Waals surface area contributed by atoms with Gasteiger partial charge in [0, 0.05) is 43.6 Å². The van der Waals surface area contributed by atoms with Gasteiger partial charge in [-0.25, -0.2) is 0 Å². The summed E-state index contributed by atoms with van der Waals surface area (Å²) in [6.07, 6.45) is 3.62. The minimum atomic E-state index is 0. The first-order chi connectivity index (χ1) is 20.7. The molecule has 0 amide bonds. The molecule has 8 rings (SSSR count). The van der Waals surface area contributed by atoms with E-state index >= 15 is 0 Å². The number of pyridine rings is 2. The first-order valence-corrected chi connectivity index (χ1v) is 13.8. The Labute approximate surface area is 263 Å². The van der Waals surface area contributed by atoms with Crippen LogP contribution in [0.3, 0.4) is 0 Å². The molecule has 0 aliphatic rings. The van der Waals surface area contributed by atoms with E-state index < -0.39 is 0 Å². The van der Waals surface area contributed by atoms with Crippen molar-refractivity contribution >= 4 is 33.0 Å². The second-order valence-electron chi connectivity index (χ2n) is 10.0. The van der Waals surface area contributed by atoms with Gasteiger partial charge in [0.2, 0.25) is 0 Å². The SMILES string of the molecule is Cc1nccc2c1nc(-c1[c-]cc(C)c3c1oc1ccccc13)n2-c1ccccc1.[Ir].[c-]1ccccc1-c1ccccn1. The first-order valence-electron chi connectivity index (χ1n) is 13.8. The van der Waals surface area contributed by atoms with Gasteiger partial charge in [-0.15, -0.1) is 53.6 Å². The minimum Gasteiger partial charge on any atom is -0.501 e. The molecule has 0 saturated heterocycles. The Kier molecular flexibility index (Phi) is 7.97. The van der Waals surface area contributed by atoms with Gasteiger partial charge >= 0.3 is 0 Å². The Morgan fingerprint density at radius 1 is 0.744 bits per heavy atom.